The minimum absolute atomic E-state index is 0.00606. The summed E-state index contributed by atoms with van der Waals surface area (Å²) in [6, 6.07) is 24.7. The fourth-order valence-corrected chi connectivity index (χ4v) is 5.41. The van der Waals surface area contributed by atoms with Gasteiger partial charge in [-0.15, -0.1) is 0 Å². The molecule has 0 bridgehead atoms. The number of nitrogens with zero attached hydrogens (tertiary/aromatic N) is 4. The standard InChI is InChI=1S/C31H36FN5O/c1-35(30(38)24-8-4-3-5-9-24)22-25(23-12-14-26(32)15-13-23)16-19-37-20-17-27(18-21-37)33-31-34-28-10-6-7-11-29(28)36(31)2/h3-15,25,27H,16-22H2,1-2H3,(H,33,34). The van der Waals surface area contributed by atoms with Gasteiger partial charge in [-0.25, -0.2) is 9.37 Å². The van der Waals surface area contributed by atoms with Gasteiger partial charge in [0.2, 0.25) is 5.95 Å². The van der Waals surface area contributed by atoms with Crippen molar-refractivity contribution in [1.29, 1.82) is 0 Å². The van der Waals surface area contributed by atoms with Crippen LogP contribution in [0.2, 0.25) is 0 Å². The molecule has 1 aliphatic rings. The van der Waals surface area contributed by atoms with E-state index < -0.39 is 0 Å². The lowest BCUT2D eigenvalue weighted by Crippen LogP contribution is -2.40. The van der Waals surface area contributed by atoms with E-state index in [9.17, 15) is 9.18 Å². The van der Waals surface area contributed by atoms with Crippen LogP contribution >= 0.6 is 0 Å². The number of carbonyl (C=O) groups excluding carboxylic acids is 1. The number of amides is 1. The molecule has 0 saturated carbocycles. The Bertz CT molecular complexity index is 1350. The molecule has 1 atom stereocenters. The number of likely N-dealkylation sites (N-methyl/N-ethyl adjacent to an activating group) is 1. The number of aryl methyl sites for hydroxylation is 1. The summed E-state index contributed by atoms with van der Waals surface area (Å²) in [5.74, 6) is 0.819. The van der Waals surface area contributed by atoms with Gasteiger partial charge in [-0.05, 0) is 67.8 Å². The van der Waals surface area contributed by atoms with E-state index in [0.29, 0.717) is 18.2 Å². The van der Waals surface area contributed by atoms with Crippen molar-refractivity contribution < 1.29 is 9.18 Å². The zero-order chi connectivity index (χ0) is 26.5. The van der Waals surface area contributed by atoms with Gasteiger partial charge in [0.25, 0.3) is 5.91 Å². The number of rotatable bonds is 9. The second-order valence-corrected chi connectivity index (χ2v) is 10.3. The number of carbonyl (C=O) groups is 1. The molecular formula is C31H36FN5O. The number of nitrogens with one attached hydrogen (secondary N) is 1. The van der Waals surface area contributed by atoms with Gasteiger partial charge >= 0.3 is 0 Å². The second kappa shape index (κ2) is 11.8. The lowest BCUT2D eigenvalue weighted by molar-refractivity contribution is 0.0782. The monoisotopic (exact) mass is 513 g/mol. The van der Waals surface area contributed by atoms with Crippen LogP contribution in [0.5, 0.6) is 0 Å². The first-order valence-corrected chi connectivity index (χ1v) is 13.4. The van der Waals surface area contributed by atoms with E-state index in [-0.39, 0.29) is 17.6 Å². The first-order valence-electron chi connectivity index (χ1n) is 13.4. The predicted molar refractivity (Wildman–Crippen MR) is 151 cm³/mol. The molecule has 7 heteroatoms. The maximum Gasteiger partial charge on any atom is 0.253 e. The van der Waals surface area contributed by atoms with Crippen molar-refractivity contribution in [2.24, 2.45) is 7.05 Å². The van der Waals surface area contributed by atoms with E-state index >= 15 is 0 Å². The fraction of sp³-hybridized carbons (Fsp3) is 0.355. The van der Waals surface area contributed by atoms with Gasteiger partial charge in [0, 0.05) is 51.3 Å². The highest BCUT2D eigenvalue weighted by molar-refractivity contribution is 5.94. The molecule has 1 saturated heterocycles. The van der Waals surface area contributed by atoms with Crippen LogP contribution in [0.3, 0.4) is 0 Å². The summed E-state index contributed by atoms with van der Waals surface area (Å²) in [5.41, 5.74) is 3.90. The number of hydrogen-bond donors (Lipinski definition) is 1. The van der Waals surface area contributed by atoms with Crippen LogP contribution in [0.25, 0.3) is 11.0 Å². The molecule has 198 valence electrons. The molecule has 0 radical (unpaired) electrons. The molecule has 1 amide bonds. The Morgan fingerprint density at radius 2 is 1.71 bits per heavy atom. The van der Waals surface area contributed by atoms with Gasteiger partial charge < -0.3 is 19.7 Å². The van der Waals surface area contributed by atoms with Gasteiger partial charge in [0.15, 0.2) is 0 Å². The SMILES string of the molecule is CN(CC(CCN1CCC(Nc2nc3ccccc3n2C)CC1)c1ccc(F)cc1)C(=O)c1ccccc1. The largest absolute Gasteiger partial charge is 0.353 e. The third-order valence-electron chi connectivity index (χ3n) is 7.70. The summed E-state index contributed by atoms with van der Waals surface area (Å²) in [6.07, 6.45) is 3.01. The van der Waals surface area contributed by atoms with E-state index in [1.54, 1.807) is 4.90 Å². The maximum atomic E-state index is 13.6. The summed E-state index contributed by atoms with van der Waals surface area (Å²) in [5, 5.41) is 3.65. The van der Waals surface area contributed by atoms with Gasteiger partial charge in [-0.3, -0.25) is 4.79 Å². The number of fused-ring (bicyclic) bond motifs is 1. The number of para-hydroxylation sites is 2. The highest BCUT2D eigenvalue weighted by atomic mass is 19.1. The molecule has 0 aliphatic carbocycles. The van der Waals surface area contributed by atoms with Crippen LogP contribution < -0.4 is 5.32 Å². The quantitative estimate of drug-likeness (QED) is 0.320. The number of imidazole rings is 1. The van der Waals surface area contributed by atoms with Crippen molar-refractivity contribution in [3.05, 3.63) is 95.8 Å². The number of hydrogen-bond acceptors (Lipinski definition) is 4. The predicted octanol–water partition coefficient (Wildman–Crippen LogP) is 5.53. The summed E-state index contributed by atoms with van der Waals surface area (Å²) in [6.45, 7) is 3.55. The van der Waals surface area contributed by atoms with Gasteiger partial charge in [-0.1, -0.05) is 42.5 Å². The van der Waals surface area contributed by atoms with Gasteiger partial charge in [0.05, 0.1) is 11.0 Å². The highest BCUT2D eigenvalue weighted by Gasteiger charge is 2.23. The van der Waals surface area contributed by atoms with Crippen molar-refractivity contribution in [2.45, 2.75) is 31.2 Å². The zero-order valence-electron chi connectivity index (χ0n) is 22.2. The lowest BCUT2D eigenvalue weighted by atomic mass is 9.94. The Morgan fingerprint density at radius 3 is 2.42 bits per heavy atom. The first-order chi connectivity index (χ1) is 18.5. The molecule has 1 aliphatic heterocycles. The van der Waals surface area contributed by atoms with Crippen molar-refractivity contribution in [3.8, 4) is 0 Å². The van der Waals surface area contributed by atoms with E-state index in [0.717, 1.165) is 61.4 Å². The van der Waals surface area contributed by atoms with Crippen LogP contribution in [-0.4, -0.2) is 64.5 Å². The molecule has 1 aromatic heterocycles. The third-order valence-corrected chi connectivity index (χ3v) is 7.70. The minimum Gasteiger partial charge on any atom is -0.353 e. The average Bonchev–Trinajstić information content (AvgIpc) is 3.27. The number of halogens is 1. The molecule has 1 fully saturated rings. The number of piperidine rings is 1. The van der Waals surface area contributed by atoms with Gasteiger partial charge in [0.1, 0.15) is 5.82 Å². The molecule has 4 aromatic rings. The van der Waals surface area contributed by atoms with Crippen molar-refractivity contribution >= 4 is 22.9 Å². The molecule has 1 unspecified atom stereocenters. The Kier molecular flexibility index (Phi) is 8.03. The Balaban J connectivity index is 1.17. The van der Waals surface area contributed by atoms with Crippen LogP contribution in [0, 0.1) is 5.82 Å². The Labute approximate surface area is 224 Å². The highest BCUT2D eigenvalue weighted by Crippen LogP contribution is 2.25. The summed E-state index contributed by atoms with van der Waals surface area (Å²) in [7, 11) is 3.91. The topological polar surface area (TPSA) is 53.4 Å². The molecule has 6 nitrogen and oxygen atoms in total. The first kappa shape index (κ1) is 25.9. The third kappa shape index (κ3) is 6.05. The smallest absolute Gasteiger partial charge is 0.253 e. The molecule has 3 aromatic carbocycles. The summed E-state index contributed by atoms with van der Waals surface area (Å²) < 4.78 is 15.8. The van der Waals surface area contributed by atoms with Crippen LogP contribution in [0.1, 0.15) is 41.1 Å². The van der Waals surface area contributed by atoms with Crippen LogP contribution in [0.15, 0.2) is 78.9 Å². The van der Waals surface area contributed by atoms with Crippen LogP contribution in [-0.2, 0) is 7.05 Å². The molecule has 2 heterocycles. The van der Waals surface area contributed by atoms with E-state index in [2.05, 4.69) is 27.9 Å². The lowest BCUT2D eigenvalue weighted by Gasteiger charge is -2.34. The average molecular weight is 514 g/mol. The van der Waals surface area contributed by atoms with E-state index in [1.165, 1.54) is 12.1 Å². The number of likely N-dealkylation sites (tertiary alicyclic amines) is 1. The van der Waals surface area contributed by atoms with Crippen molar-refractivity contribution in [3.63, 3.8) is 0 Å². The van der Waals surface area contributed by atoms with Crippen molar-refractivity contribution in [2.75, 3.05) is 38.5 Å². The Hall–Kier alpha value is -3.71. The summed E-state index contributed by atoms with van der Waals surface area (Å²) >= 11 is 0. The van der Waals surface area contributed by atoms with E-state index in [1.807, 2.05) is 67.7 Å². The number of benzene rings is 3. The molecular weight excluding hydrogens is 477 g/mol. The molecule has 38 heavy (non-hydrogen) atoms. The second-order valence-electron chi connectivity index (χ2n) is 10.3. The molecule has 1 N–H and O–H groups in total. The van der Waals surface area contributed by atoms with Gasteiger partial charge in [-0.2, -0.15) is 0 Å². The zero-order valence-corrected chi connectivity index (χ0v) is 22.2. The molecule has 5 rings (SSSR count). The minimum atomic E-state index is -0.239. The normalized spacial score (nSPS) is 15.4. The molecule has 0 spiro atoms. The number of anilines is 1. The summed E-state index contributed by atoms with van der Waals surface area (Å²) in [4.78, 5) is 22.0. The number of aromatic nitrogens is 2. The van der Waals surface area contributed by atoms with Crippen molar-refractivity contribution in [1.82, 2.24) is 19.4 Å². The van der Waals surface area contributed by atoms with Crippen LogP contribution in [0.4, 0.5) is 10.3 Å². The van der Waals surface area contributed by atoms with E-state index in [4.69, 9.17) is 4.98 Å². The maximum absolute atomic E-state index is 13.6. The Morgan fingerprint density at radius 1 is 1.03 bits per heavy atom. The fourth-order valence-electron chi connectivity index (χ4n) is 5.41.